The van der Waals surface area contributed by atoms with Gasteiger partial charge in [0.15, 0.2) is 11.5 Å². The molecule has 1 heterocycles. The minimum atomic E-state index is -0.468. The maximum absolute atomic E-state index is 10.8. The molecule has 2 aromatic rings. The predicted molar refractivity (Wildman–Crippen MR) is 62.6 cm³/mol. The number of furan rings is 1. The Balaban J connectivity index is 2.38. The molecule has 4 heteroatoms. The van der Waals surface area contributed by atoms with Crippen LogP contribution in [0.1, 0.15) is 18.2 Å². The van der Waals surface area contributed by atoms with Crippen LogP contribution in [0.3, 0.4) is 0 Å². The van der Waals surface area contributed by atoms with Crippen LogP contribution in [-0.4, -0.2) is 11.7 Å². The number of hydrogen-bond donors (Lipinski definition) is 0. The Morgan fingerprint density at radius 2 is 1.94 bits per heavy atom. The minimum absolute atomic E-state index is 0.468. The van der Waals surface area contributed by atoms with Crippen molar-refractivity contribution in [2.24, 2.45) is 5.16 Å². The maximum Gasteiger partial charge on any atom is 0.332 e. The monoisotopic (exact) mass is 229 g/mol. The Morgan fingerprint density at radius 1 is 1.18 bits per heavy atom. The molecule has 0 aliphatic heterocycles. The van der Waals surface area contributed by atoms with Crippen molar-refractivity contribution < 1.29 is 14.0 Å². The van der Waals surface area contributed by atoms with Crippen molar-refractivity contribution >= 4 is 11.7 Å². The second-order valence-corrected chi connectivity index (χ2v) is 3.37. The van der Waals surface area contributed by atoms with Crippen LogP contribution in [0.15, 0.2) is 58.3 Å². The van der Waals surface area contributed by atoms with E-state index in [2.05, 4.69) is 9.99 Å². The summed E-state index contributed by atoms with van der Waals surface area (Å²) in [5.74, 6) is 0.0856. The van der Waals surface area contributed by atoms with Gasteiger partial charge in [-0.15, -0.1) is 0 Å². The van der Waals surface area contributed by atoms with Gasteiger partial charge < -0.3 is 9.25 Å². The third-order valence-electron chi connectivity index (χ3n) is 2.07. The van der Waals surface area contributed by atoms with Crippen molar-refractivity contribution in [2.45, 2.75) is 6.92 Å². The van der Waals surface area contributed by atoms with Crippen molar-refractivity contribution in [3.63, 3.8) is 0 Å². The molecule has 1 aromatic carbocycles. The van der Waals surface area contributed by atoms with Crippen LogP contribution >= 0.6 is 0 Å². The molecule has 0 aliphatic rings. The lowest BCUT2D eigenvalue weighted by Gasteiger charge is -2.02. The van der Waals surface area contributed by atoms with Crippen LogP contribution in [0.25, 0.3) is 0 Å². The summed E-state index contributed by atoms with van der Waals surface area (Å²) in [6.45, 7) is 1.30. The molecule has 0 bridgehead atoms. The first-order valence-electron chi connectivity index (χ1n) is 5.12. The summed E-state index contributed by atoms with van der Waals surface area (Å²) in [5, 5.41) is 3.81. The quantitative estimate of drug-likeness (QED) is 0.461. The summed E-state index contributed by atoms with van der Waals surface area (Å²) in [4.78, 5) is 15.5. The van der Waals surface area contributed by atoms with E-state index in [4.69, 9.17) is 4.42 Å². The van der Waals surface area contributed by atoms with Gasteiger partial charge in [-0.3, -0.25) is 0 Å². The number of benzene rings is 1. The van der Waals surface area contributed by atoms with Gasteiger partial charge in [-0.2, -0.15) is 0 Å². The number of carbonyl (C=O) groups is 1. The second-order valence-electron chi connectivity index (χ2n) is 3.37. The molecule has 2 rings (SSSR count). The van der Waals surface area contributed by atoms with Crippen LogP contribution in [0.2, 0.25) is 0 Å². The molecule has 0 unspecified atom stereocenters. The number of hydrogen-bond acceptors (Lipinski definition) is 4. The Morgan fingerprint density at radius 3 is 2.53 bits per heavy atom. The fourth-order valence-electron chi connectivity index (χ4n) is 1.36. The van der Waals surface area contributed by atoms with Crippen LogP contribution in [0, 0.1) is 0 Å². The molecule has 0 amide bonds. The summed E-state index contributed by atoms with van der Waals surface area (Å²) in [6.07, 6.45) is 1.54. The zero-order valence-corrected chi connectivity index (χ0v) is 9.29. The lowest BCUT2D eigenvalue weighted by atomic mass is 10.1. The lowest BCUT2D eigenvalue weighted by molar-refractivity contribution is -0.140. The van der Waals surface area contributed by atoms with Gasteiger partial charge >= 0.3 is 5.97 Å². The fourth-order valence-corrected chi connectivity index (χ4v) is 1.36. The first-order valence-corrected chi connectivity index (χ1v) is 5.12. The van der Waals surface area contributed by atoms with E-state index >= 15 is 0 Å². The van der Waals surface area contributed by atoms with Crippen molar-refractivity contribution in [3.8, 4) is 0 Å². The van der Waals surface area contributed by atoms with Gasteiger partial charge in [0.1, 0.15) is 0 Å². The van der Waals surface area contributed by atoms with Gasteiger partial charge in [0.25, 0.3) is 0 Å². The molecule has 0 radical (unpaired) electrons. The van der Waals surface area contributed by atoms with Crippen molar-refractivity contribution in [1.82, 2.24) is 0 Å². The van der Waals surface area contributed by atoms with E-state index in [0.717, 1.165) is 5.56 Å². The van der Waals surface area contributed by atoms with Crippen molar-refractivity contribution in [1.29, 1.82) is 0 Å². The molecule has 0 aliphatic carbocycles. The lowest BCUT2D eigenvalue weighted by Crippen LogP contribution is -2.04. The summed E-state index contributed by atoms with van der Waals surface area (Å²) >= 11 is 0. The number of nitrogens with zero attached hydrogens (tertiary/aromatic N) is 1. The summed E-state index contributed by atoms with van der Waals surface area (Å²) in [6, 6.07) is 12.9. The van der Waals surface area contributed by atoms with Crippen molar-refractivity contribution in [3.05, 3.63) is 60.1 Å². The molecule has 0 saturated heterocycles. The molecule has 86 valence electrons. The van der Waals surface area contributed by atoms with Crippen LogP contribution in [0.4, 0.5) is 0 Å². The smallest absolute Gasteiger partial charge is 0.332 e. The number of oxime groups is 1. The second kappa shape index (κ2) is 5.12. The van der Waals surface area contributed by atoms with Gasteiger partial charge in [0.05, 0.1) is 6.26 Å². The first-order chi connectivity index (χ1) is 8.27. The minimum Gasteiger partial charge on any atom is -0.463 e. The maximum atomic E-state index is 10.8. The molecule has 0 atom stereocenters. The highest BCUT2D eigenvalue weighted by molar-refractivity contribution is 6.10. The predicted octanol–water partition coefficient (Wildman–Crippen LogP) is 2.60. The SMILES string of the molecule is CC(=O)O/N=C(/c1ccccc1)c1ccco1. The Kier molecular flexibility index (Phi) is 3.35. The summed E-state index contributed by atoms with van der Waals surface area (Å²) < 4.78 is 5.26. The Hall–Kier alpha value is -2.36. The molecule has 4 nitrogen and oxygen atoms in total. The molecular formula is C13H11NO3. The van der Waals surface area contributed by atoms with Gasteiger partial charge in [0, 0.05) is 12.5 Å². The fraction of sp³-hybridized carbons (Fsp3) is 0.0769. The molecule has 1 aromatic heterocycles. The topological polar surface area (TPSA) is 51.8 Å². The van der Waals surface area contributed by atoms with Gasteiger partial charge in [-0.1, -0.05) is 35.5 Å². The first kappa shape index (κ1) is 11.1. The average molecular weight is 229 g/mol. The van der Waals surface area contributed by atoms with E-state index in [-0.39, 0.29) is 0 Å². The van der Waals surface area contributed by atoms with E-state index in [1.807, 2.05) is 30.3 Å². The normalized spacial score (nSPS) is 11.2. The number of carbonyl (C=O) groups excluding carboxylic acids is 1. The molecule has 0 spiro atoms. The zero-order chi connectivity index (χ0) is 12.1. The van der Waals surface area contributed by atoms with Crippen molar-refractivity contribution in [2.75, 3.05) is 0 Å². The molecule has 0 N–H and O–H groups in total. The third-order valence-corrected chi connectivity index (χ3v) is 2.07. The highest BCUT2D eigenvalue weighted by atomic mass is 16.7. The average Bonchev–Trinajstić information content (AvgIpc) is 2.84. The zero-order valence-electron chi connectivity index (χ0n) is 9.29. The summed E-state index contributed by atoms with van der Waals surface area (Å²) in [5.41, 5.74) is 1.31. The number of rotatable bonds is 3. The Bertz CT molecular complexity index is 515. The highest BCUT2D eigenvalue weighted by Crippen LogP contribution is 2.11. The van der Waals surface area contributed by atoms with Gasteiger partial charge in [0.2, 0.25) is 0 Å². The molecular weight excluding hydrogens is 218 g/mol. The van der Waals surface area contributed by atoms with E-state index in [9.17, 15) is 4.79 Å². The third kappa shape index (κ3) is 2.81. The standard InChI is InChI=1S/C13H11NO3/c1-10(15)17-14-13(12-8-5-9-16-12)11-6-3-2-4-7-11/h2-9H,1H3/b14-13-. The van der Waals surface area contributed by atoms with Crippen LogP contribution in [0.5, 0.6) is 0 Å². The molecule has 17 heavy (non-hydrogen) atoms. The van der Waals surface area contributed by atoms with E-state index in [1.165, 1.54) is 6.92 Å². The largest absolute Gasteiger partial charge is 0.463 e. The Labute approximate surface area is 98.5 Å². The molecule has 0 saturated carbocycles. The van der Waals surface area contributed by atoms with Gasteiger partial charge in [-0.05, 0) is 12.1 Å². The van der Waals surface area contributed by atoms with E-state index < -0.39 is 5.97 Å². The van der Waals surface area contributed by atoms with Crippen LogP contribution < -0.4 is 0 Å². The van der Waals surface area contributed by atoms with Gasteiger partial charge in [-0.25, -0.2) is 4.79 Å². The van der Waals surface area contributed by atoms with E-state index in [0.29, 0.717) is 11.5 Å². The molecule has 0 fully saturated rings. The van der Waals surface area contributed by atoms with Crippen LogP contribution in [-0.2, 0) is 9.63 Å². The van der Waals surface area contributed by atoms with E-state index in [1.54, 1.807) is 18.4 Å². The highest BCUT2D eigenvalue weighted by Gasteiger charge is 2.10. The summed E-state index contributed by atoms with van der Waals surface area (Å²) in [7, 11) is 0.